The average Bonchev–Trinajstić information content (AvgIpc) is 2.69. The van der Waals surface area contributed by atoms with E-state index in [0.717, 1.165) is 38.5 Å². The van der Waals surface area contributed by atoms with Crippen LogP contribution in [0.1, 0.15) is 5.56 Å². The number of anilines is 1. The van der Waals surface area contributed by atoms with E-state index in [1.54, 1.807) is 13.2 Å². The van der Waals surface area contributed by atoms with Gasteiger partial charge in [-0.2, -0.15) is 0 Å². The van der Waals surface area contributed by atoms with Crippen LogP contribution in [0.15, 0.2) is 48.5 Å². The Kier molecular flexibility index (Phi) is 6.54. The van der Waals surface area contributed by atoms with Gasteiger partial charge >= 0.3 is 5.97 Å². The number of hydrogen-bond donors (Lipinski definition) is 1. The molecule has 0 unspecified atom stereocenters. The minimum absolute atomic E-state index is 0.0185. The van der Waals surface area contributed by atoms with Crippen molar-refractivity contribution in [2.45, 2.75) is 6.42 Å². The van der Waals surface area contributed by atoms with Crippen LogP contribution >= 0.6 is 0 Å². The largest absolute Gasteiger partial charge is 0.497 e. The molecule has 1 fully saturated rings. The fourth-order valence-corrected chi connectivity index (χ4v) is 3.28. The first-order valence-electron chi connectivity index (χ1n) is 9.19. The number of piperazine rings is 1. The van der Waals surface area contributed by atoms with Crippen LogP contribution in [-0.2, 0) is 11.2 Å². The maximum Gasteiger partial charge on any atom is 0.307 e. The fraction of sp³-hybridized carbons (Fsp3) is 0.381. The van der Waals surface area contributed by atoms with Crippen molar-refractivity contribution in [1.82, 2.24) is 4.90 Å². The Labute approximate surface area is 159 Å². The van der Waals surface area contributed by atoms with Crippen LogP contribution in [0.4, 0.5) is 5.69 Å². The summed E-state index contributed by atoms with van der Waals surface area (Å²) in [5, 5.41) is 9.00. The molecule has 2 aromatic rings. The number of hydrogen-bond acceptors (Lipinski definition) is 5. The smallest absolute Gasteiger partial charge is 0.307 e. The van der Waals surface area contributed by atoms with E-state index in [-0.39, 0.29) is 6.42 Å². The molecule has 1 aliphatic rings. The second kappa shape index (κ2) is 9.28. The number of nitrogens with zero attached hydrogens (tertiary/aromatic N) is 2. The fourth-order valence-electron chi connectivity index (χ4n) is 3.28. The molecule has 2 aromatic carbocycles. The van der Waals surface area contributed by atoms with Crippen molar-refractivity contribution in [2.24, 2.45) is 0 Å². The molecule has 144 valence electrons. The lowest BCUT2D eigenvalue weighted by Crippen LogP contribution is -2.47. The van der Waals surface area contributed by atoms with Gasteiger partial charge in [0.15, 0.2) is 0 Å². The number of carboxylic acid groups (broad SMARTS) is 1. The summed E-state index contributed by atoms with van der Waals surface area (Å²) in [5.74, 6) is 0.693. The monoisotopic (exact) mass is 370 g/mol. The average molecular weight is 370 g/mol. The first-order chi connectivity index (χ1) is 13.2. The highest BCUT2D eigenvalue weighted by molar-refractivity contribution is 5.71. The van der Waals surface area contributed by atoms with E-state index in [4.69, 9.17) is 14.6 Å². The summed E-state index contributed by atoms with van der Waals surface area (Å²) in [6.07, 6.45) is -0.0185. The van der Waals surface area contributed by atoms with Gasteiger partial charge in [0.25, 0.3) is 0 Å². The summed E-state index contributed by atoms with van der Waals surface area (Å²) >= 11 is 0. The Bertz CT molecular complexity index is 757. The first-order valence-corrected chi connectivity index (χ1v) is 9.19. The number of aliphatic carboxylic acids is 1. The van der Waals surface area contributed by atoms with E-state index in [0.29, 0.717) is 17.9 Å². The maximum absolute atomic E-state index is 11.0. The number of carboxylic acids is 1. The van der Waals surface area contributed by atoms with Crippen LogP contribution < -0.4 is 14.4 Å². The van der Waals surface area contributed by atoms with Gasteiger partial charge in [-0.3, -0.25) is 9.69 Å². The molecule has 27 heavy (non-hydrogen) atoms. The maximum atomic E-state index is 11.0. The standard InChI is InChI=1S/C21H26N2O4/c1-26-19-7-4-6-18(16-19)23-11-9-22(10-12-23)13-14-27-20-8-3-2-5-17(20)15-21(24)25/h2-8,16H,9-15H2,1H3,(H,24,25). The summed E-state index contributed by atoms with van der Waals surface area (Å²) in [7, 11) is 1.69. The van der Waals surface area contributed by atoms with Crippen LogP contribution in [-0.4, -0.2) is 62.4 Å². The Balaban J connectivity index is 1.46. The van der Waals surface area contributed by atoms with Gasteiger partial charge in [0.05, 0.1) is 13.5 Å². The SMILES string of the molecule is COc1cccc(N2CCN(CCOc3ccccc3CC(=O)O)CC2)c1. The van der Waals surface area contributed by atoms with E-state index >= 15 is 0 Å². The van der Waals surface area contributed by atoms with Gasteiger partial charge in [-0.05, 0) is 18.2 Å². The van der Waals surface area contributed by atoms with Crippen molar-refractivity contribution < 1.29 is 19.4 Å². The molecule has 0 bridgehead atoms. The predicted octanol–water partition coefficient (Wildman–Crippen LogP) is 2.52. The molecule has 3 rings (SSSR count). The van der Waals surface area contributed by atoms with Gasteiger partial charge in [0, 0.05) is 50.0 Å². The third kappa shape index (κ3) is 5.37. The van der Waals surface area contributed by atoms with E-state index in [1.165, 1.54) is 5.69 Å². The van der Waals surface area contributed by atoms with Crippen molar-refractivity contribution in [3.8, 4) is 11.5 Å². The number of carbonyl (C=O) groups is 1. The van der Waals surface area contributed by atoms with Gasteiger partial charge < -0.3 is 19.5 Å². The highest BCUT2D eigenvalue weighted by Gasteiger charge is 2.17. The third-order valence-electron chi connectivity index (χ3n) is 4.77. The molecule has 0 spiro atoms. The summed E-state index contributed by atoms with van der Waals surface area (Å²) in [4.78, 5) is 15.7. The molecule has 0 radical (unpaired) electrons. The van der Waals surface area contributed by atoms with Crippen LogP contribution in [0.2, 0.25) is 0 Å². The topological polar surface area (TPSA) is 62.2 Å². The van der Waals surface area contributed by atoms with Crippen molar-refractivity contribution in [3.63, 3.8) is 0 Å². The minimum Gasteiger partial charge on any atom is -0.497 e. The summed E-state index contributed by atoms with van der Waals surface area (Å²) < 4.78 is 11.2. The predicted molar refractivity (Wildman–Crippen MR) is 105 cm³/mol. The van der Waals surface area contributed by atoms with Crippen LogP contribution in [0, 0.1) is 0 Å². The second-order valence-corrected chi connectivity index (χ2v) is 6.56. The van der Waals surface area contributed by atoms with Crippen molar-refractivity contribution in [1.29, 1.82) is 0 Å². The highest BCUT2D eigenvalue weighted by atomic mass is 16.5. The number of methoxy groups -OCH3 is 1. The zero-order chi connectivity index (χ0) is 19.1. The van der Waals surface area contributed by atoms with Crippen molar-refractivity contribution in [3.05, 3.63) is 54.1 Å². The van der Waals surface area contributed by atoms with E-state index in [9.17, 15) is 4.79 Å². The molecular weight excluding hydrogens is 344 g/mol. The first kappa shape index (κ1) is 19.0. The lowest BCUT2D eigenvalue weighted by Gasteiger charge is -2.36. The van der Waals surface area contributed by atoms with Crippen LogP contribution in [0.5, 0.6) is 11.5 Å². The zero-order valence-corrected chi connectivity index (χ0v) is 15.6. The second-order valence-electron chi connectivity index (χ2n) is 6.56. The molecular formula is C21H26N2O4. The number of ether oxygens (including phenoxy) is 2. The molecule has 6 heteroatoms. The Morgan fingerprint density at radius 1 is 1.07 bits per heavy atom. The third-order valence-corrected chi connectivity index (χ3v) is 4.77. The molecule has 0 aromatic heterocycles. The Hall–Kier alpha value is -2.73. The molecule has 1 aliphatic heterocycles. The quantitative estimate of drug-likeness (QED) is 0.770. The molecule has 0 saturated carbocycles. The minimum atomic E-state index is -0.847. The lowest BCUT2D eigenvalue weighted by atomic mass is 10.1. The molecule has 0 amide bonds. The van der Waals surface area contributed by atoms with Gasteiger partial charge in [-0.25, -0.2) is 0 Å². The molecule has 1 saturated heterocycles. The van der Waals surface area contributed by atoms with Gasteiger partial charge in [0.1, 0.15) is 18.1 Å². The molecule has 1 N–H and O–H groups in total. The van der Waals surface area contributed by atoms with Gasteiger partial charge in [-0.1, -0.05) is 24.3 Å². The molecule has 0 aliphatic carbocycles. The number of rotatable bonds is 8. The Morgan fingerprint density at radius 3 is 2.59 bits per heavy atom. The summed E-state index contributed by atoms with van der Waals surface area (Å²) in [6, 6.07) is 15.5. The molecule has 0 atom stereocenters. The van der Waals surface area contributed by atoms with Gasteiger partial charge in [0.2, 0.25) is 0 Å². The van der Waals surface area contributed by atoms with Crippen molar-refractivity contribution in [2.75, 3.05) is 51.3 Å². The summed E-state index contributed by atoms with van der Waals surface area (Å²) in [6.45, 7) is 5.24. The molecule has 1 heterocycles. The van der Waals surface area contributed by atoms with Crippen LogP contribution in [0.3, 0.4) is 0 Å². The molecule has 6 nitrogen and oxygen atoms in total. The number of para-hydroxylation sites is 1. The highest BCUT2D eigenvalue weighted by Crippen LogP contribution is 2.22. The zero-order valence-electron chi connectivity index (χ0n) is 15.6. The summed E-state index contributed by atoms with van der Waals surface area (Å²) in [5.41, 5.74) is 1.90. The lowest BCUT2D eigenvalue weighted by molar-refractivity contribution is -0.136. The van der Waals surface area contributed by atoms with E-state index < -0.39 is 5.97 Å². The van der Waals surface area contributed by atoms with Crippen LogP contribution in [0.25, 0.3) is 0 Å². The van der Waals surface area contributed by atoms with Gasteiger partial charge in [-0.15, -0.1) is 0 Å². The van der Waals surface area contributed by atoms with E-state index in [2.05, 4.69) is 21.9 Å². The Morgan fingerprint density at radius 2 is 1.85 bits per heavy atom. The number of benzene rings is 2. The van der Waals surface area contributed by atoms with E-state index in [1.807, 2.05) is 30.3 Å². The normalized spacial score (nSPS) is 14.8. The van der Waals surface area contributed by atoms with Crippen molar-refractivity contribution >= 4 is 11.7 Å².